The third-order valence-electron chi connectivity index (χ3n) is 7.27. The van der Waals surface area contributed by atoms with Crippen LogP contribution in [0.25, 0.3) is 66.1 Å². The molecule has 2 heteroatoms. The largest absolute Gasteiger partial charge is 0.456 e. The van der Waals surface area contributed by atoms with Gasteiger partial charge in [0, 0.05) is 21.7 Å². The SMILES string of the molecule is c1ccc2c(c1)Oc1cccc3cc(-c4ccc(-c5cccc6oc7ccccc7c56)cc4)cc-2c13. The molecule has 7 aromatic rings. The normalized spacial score (nSPS) is 12.1. The molecule has 0 aliphatic carbocycles. The van der Waals surface area contributed by atoms with Crippen molar-refractivity contribution < 1.29 is 9.15 Å². The predicted molar refractivity (Wildman–Crippen MR) is 148 cm³/mol. The van der Waals surface area contributed by atoms with E-state index in [1.54, 1.807) is 0 Å². The fourth-order valence-electron chi connectivity index (χ4n) is 5.61. The number of para-hydroxylation sites is 2. The Morgan fingerprint density at radius 1 is 0.417 bits per heavy atom. The second kappa shape index (κ2) is 7.34. The Morgan fingerprint density at radius 2 is 1.14 bits per heavy atom. The lowest BCUT2D eigenvalue weighted by Crippen LogP contribution is -1.97. The Morgan fingerprint density at radius 3 is 2.08 bits per heavy atom. The zero-order valence-electron chi connectivity index (χ0n) is 19.4. The molecule has 0 amide bonds. The quantitative estimate of drug-likeness (QED) is 0.256. The summed E-state index contributed by atoms with van der Waals surface area (Å²) in [6.45, 7) is 0. The van der Waals surface area contributed by atoms with Crippen molar-refractivity contribution in [2.45, 2.75) is 0 Å². The monoisotopic (exact) mass is 460 g/mol. The first-order valence-corrected chi connectivity index (χ1v) is 12.2. The highest BCUT2D eigenvalue weighted by Crippen LogP contribution is 2.48. The van der Waals surface area contributed by atoms with Crippen LogP contribution < -0.4 is 4.74 Å². The molecule has 1 aliphatic heterocycles. The molecule has 1 aliphatic rings. The van der Waals surface area contributed by atoms with Crippen molar-refractivity contribution in [2.75, 3.05) is 0 Å². The van der Waals surface area contributed by atoms with Gasteiger partial charge in [-0.2, -0.15) is 0 Å². The van der Waals surface area contributed by atoms with E-state index in [0.717, 1.165) is 33.6 Å². The van der Waals surface area contributed by atoms with Gasteiger partial charge in [0.1, 0.15) is 22.7 Å². The van der Waals surface area contributed by atoms with Crippen molar-refractivity contribution in [2.24, 2.45) is 0 Å². The number of fused-ring (bicyclic) bond motifs is 5. The number of hydrogen-bond donors (Lipinski definition) is 0. The van der Waals surface area contributed by atoms with E-state index in [-0.39, 0.29) is 0 Å². The van der Waals surface area contributed by atoms with E-state index in [9.17, 15) is 0 Å². The Labute approximate surface area is 208 Å². The van der Waals surface area contributed by atoms with E-state index < -0.39 is 0 Å². The number of rotatable bonds is 2. The first-order chi connectivity index (χ1) is 17.8. The highest BCUT2D eigenvalue weighted by atomic mass is 16.5. The van der Waals surface area contributed by atoms with Gasteiger partial charge < -0.3 is 9.15 Å². The lowest BCUT2D eigenvalue weighted by Gasteiger charge is -2.22. The molecule has 1 aromatic heterocycles. The van der Waals surface area contributed by atoms with Gasteiger partial charge in [0.15, 0.2) is 0 Å². The minimum absolute atomic E-state index is 0.908. The molecular formula is C34H20O2. The third-order valence-corrected chi connectivity index (χ3v) is 7.27. The highest BCUT2D eigenvalue weighted by Gasteiger charge is 2.20. The summed E-state index contributed by atoms with van der Waals surface area (Å²) in [5.41, 5.74) is 8.96. The van der Waals surface area contributed by atoms with Crippen LogP contribution in [0.2, 0.25) is 0 Å². The summed E-state index contributed by atoms with van der Waals surface area (Å²) in [5, 5.41) is 4.68. The molecule has 6 aromatic carbocycles. The van der Waals surface area contributed by atoms with E-state index in [1.807, 2.05) is 30.3 Å². The van der Waals surface area contributed by atoms with Crippen molar-refractivity contribution in [1.29, 1.82) is 0 Å². The second-order valence-corrected chi connectivity index (χ2v) is 9.33. The minimum atomic E-state index is 0.908. The molecule has 0 radical (unpaired) electrons. The summed E-state index contributed by atoms with van der Waals surface area (Å²) in [4.78, 5) is 0. The summed E-state index contributed by atoms with van der Waals surface area (Å²) >= 11 is 0. The molecule has 2 nitrogen and oxygen atoms in total. The third kappa shape index (κ3) is 2.79. The van der Waals surface area contributed by atoms with Gasteiger partial charge in [-0.3, -0.25) is 0 Å². The van der Waals surface area contributed by atoms with Crippen LogP contribution in [0, 0.1) is 0 Å². The van der Waals surface area contributed by atoms with Crippen LogP contribution in [0.3, 0.4) is 0 Å². The van der Waals surface area contributed by atoms with Crippen molar-refractivity contribution in [3.05, 3.63) is 121 Å². The number of ether oxygens (including phenoxy) is 1. The molecule has 0 unspecified atom stereocenters. The number of hydrogen-bond acceptors (Lipinski definition) is 2. The fraction of sp³-hybridized carbons (Fsp3) is 0. The topological polar surface area (TPSA) is 22.4 Å². The van der Waals surface area contributed by atoms with Crippen LogP contribution in [-0.2, 0) is 0 Å². The minimum Gasteiger partial charge on any atom is -0.456 e. The van der Waals surface area contributed by atoms with Gasteiger partial charge >= 0.3 is 0 Å². The molecular weight excluding hydrogens is 440 g/mol. The smallest absolute Gasteiger partial charge is 0.136 e. The molecule has 0 saturated heterocycles. The Balaban J connectivity index is 1.28. The number of benzene rings is 6. The summed E-state index contributed by atoms with van der Waals surface area (Å²) < 4.78 is 12.3. The van der Waals surface area contributed by atoms with E-state index in [1.165, 1.54) is 44.0 Å². The average molecular weight is 461 g/mol. The Hall–Kier alpha value is -4.82. The lowest BCUT2D eigenvalue weighted by molar-refractivity contribution is 0.487. The maximum atomic E-state index is 6.21. The van der Waals surface area contributed by atoms with Gasteiger partial charge in [0.25, 0.3) is 0 Å². The summed E-state index contributed by atoms with van der Waals surface area (Å²) in [6.07, 6.45) is 0. The maximum absolute atomic E-state index is 6.21. The molecule has 168 valence electrons. The van der Waals surface area contributed by atoms with Crippen LogP contribution in [-0.4, -0.2) is 0 Å². The zero-order valence-corrected chi connectivity index (χ0v) is 19.4. The maximum Gasteiger partial charge on any atom is 0.136 e. The van der Waals surface area contributed by atoms with E-state index in [0.29, 0.717) is 0 Å². The van der Waals surface area contributed by atoms with E-state index in [2.05, 4.69) is 91.0 Å². The van der Waals surface area contributed by atoms with Gasteiger partial charge in [-0.15, -0.1) is 0 Å². The Kier molecular flexibility index (Phi) is 3.97. The van der Waals surface area contributed by atoms with Crippen LogP contribution in [0.4, 0.5) is 0 Å². The highest BCUT2D eigenvalue weighted by molar-refractivity contribution is 6.12. The van der Waals surface area contributed by atoms with Crippen molar-refractivity contribution in [3.63, 3.8) is 0 Å². The van der Waals surface area contributed by atoms with Crippen molar-refractivity contribution in [1.82, 2.24) is 0 Å². The molecule has 0 spiro atoms. The average Bonchev–Trinajstić information content (AvgIpc) is 3.32. The molecule has 36 heavy (non-hydrogen) atoms. The van der Waals surface area contributed by atoms with Crippen molar-refractivity contribution in [3.8, 4) is 44.9 Å². The van der Waals surface area contributed by atoms with Crippen LogP contribution >= 0.6 is 0 Å². The molecule has 0 atom stereocenters. The fourth-order valence-corrected chi connectivity index (χ4v) is 5.61. The van der Waals surface area contributed by atoms with Crippen molar-refractivity contribution >= 4 is 32.7 Å². The van der Waals surface area contributed by atoms with Crippen LogP contribution in [0.15, 0.2) is 126 Å². The van der Waals surface area contributed by atoms with E-state index in [4.69, 9.17) is 9.15 Å². The van der Waals surface area contributed by atoms with Gasteiger partial charge in [-0.05, 0) is 69.6 Å². The van der Waals surface area contributed by atoms with E-state index >= 15 is 0 Å². The molecule has 0 saturated carbocycles. The molecule has 0 bridgehead atoms. The van der Waals surface area contributed by atoms with Gasteiger partial charge in [0.2, 0.25) is 0 Å². The molecule has 2 heterocycles. The summed E-state index contributed by atoms with van der Waals surface area (Å²) in [7, 11) is 0. The first-order valence-electron chi connectivity index (χ1n) is 12.2. The van der Waals surface area contributed by atoms with Gasteiger partial charge in [-0.25, -0.2) is 0 Å². The zero-order chi connectivity index (χ0) is 23.6. The van der Waals surface area contributed by atoms with Crippen LogP contribution in [0.1, 0.15) is 0 Å². The molecule has 8 rings (SSSR count). The molecule has 0 N–H and O–H groups in total. The summed E-state index contributed by atoms with van der Waals surface area (Å²) in [5.74, 6) is 1.83. The summed E-state index contributed by atoms with van der Waals surface area (Å²) in [6, 6.07) is 42.5. The number of furan rings is 1. The van der Waals surface area contributed by atoms with Gasteiger partial charge in [0.05, 0.1) is 0 Å². The lowest BCUT2D eigenvalue weighted by atomic mass is 9.90. The van der Waals surface area contributed by atoms with Crippen LogP contribution in [0.5, 0.6) is 11.5 Å². The predicted octanol–water partition coefficient (Wildman–Crippen LogP) is 9.85. The first kappa shape index (κ1) is 19.5. The van der Waals surface area contributed by atoms with Gasteiger partial charge in [-0.1, -0.05) is 84.9 Å². The standard InChI is InChI=1S/C34H20O2/c1-3-11-29-26(8-1)28-20-24(19-23-7-5-13-31(35-29)33(23)28)21-15-17-22(18-16-21)25-10-6-14-32-34(25)27-9-2-4-12-30(27)36-32/h1-20H. The Bertz CT molecular complexity index is 1960. The molecule has 0 fully saturated rings. The second-order valence-electron chi connectivity index (χ2n) is 9.33.